The van der Waals surface area contributed by atoms with Crippen LogP contribution in [-0.4, -0.2) is 13.2 Å². The van der Waals surface area contributed by atoms with E-state index in [4.69, 9.17) is 0 Å². The van der Waals surface area contributed by atoms with Crippen molar-refractivity contribution in [3.05, 3.63) is 63.1 Å². The van der Waals surface area contributed by atoms with Gasteiger partial charge in [-0.25, -0.2) is 4.21 Å². The molecule has 20 heavy (non-hydrogen) atoms. The molecule has 0 aliphatic rings. The van der Waals surface area contributed by atoms with Gasteiger partial charge in [-0.15, -0.1) is 0 Å². The number of aryl methyl sites for hydroxylation is 1. The summed E-state index contributed by atoms with van der Waals surface area (Å²) in [5.74, 6) is 0. The number of H-pyrrole nitrogens is 1. The third kappa shape index (κ3) is 2.14. The summed E-state index contributed by atoms with van der Waals surface area (Å²) in [6, 6.07) is 9.20. The maximum atomic E-state index is 12.6. The first-order valence-electron chi connectivity index (χ1n) is 5.95. The fraction of sp³-hybridized carbons (Fsp3) is 0.0714. The molecule has 2 heterocycles. The smallest absolute Gasteiger partial charge is 0.273 e. The zero-order valence-electron chi connectivity index (χ0n) is 10.6. The number of rotatable bonds is 2. The van der Waals surface area contributed by atoms with E-state index in [1.807, 2.05) is 31.2 Å². The zero-order valence-corrected chi connectivity index (χ0v) is 13.0. The number of halogens is 1. The number of hydrogen-bond acceptors (Lipinski definition) is 2. The van der Waals surface area contributed by atoms with Crippen molar-refractivity contribution in [2.75, 3.05) is 0 Å². The molecule has 1 atom stereocenters. The molecule has 0 bridgehead atoms. The Morgan fingerprint density at radius 1 is 1.20 bits per heavy atom. The van der Waals surface area contributed by atoms with Gasteiger partial charge in [-0.3, -0.25) is 8.77 Å². The summed E-state index contributed by atoms with van der Waals surface area (Å²) in [6.07, 6.45) is 3.25. The molecule has 102 valence electrons. The largest absolute Gasteiger partial charge is 0.326 e. The van der Waals surface area contributed by atoms with E-state index in [2.05, 4.69) is 20.9 Å². The Kier molecular flexibility index (Phi) is 3.35. The monoisotopic (exact) mass is 350 g/mol. The summed E-state index contributed by atoms with van der Waals surface area (Å²) in [5.41, 5.74) is 1.25. The van der Waals surface area contributed by atoms with E-state index in [9.17, 15) is 9.00 Å². The highest BCUT2D eigenvalue weighted by molar-refractivity contribution is 9.10. The minimum Gasteiger partial charge on any atom is -0.326 e. The van der Waals surface area contributed by atoms with Crippen LogP contribution in [-0.2, 0) is 11.0 Å². The maximum Gasteiger partial charge on any atom is 0.273 e. The van der Waals surface area contributed by atoms with E-state index in [1.165, 1.54) is 3.97 Å². The van der Waals surface area contributed by atoms with E-state index >= 15 is 0 Å². The van der Waals surface area contributed by atoms with Gasteiger partial charge in [-0.1, -0.05) is 17.7 Å². The number of aromatic amines is 1. The molecule has 6 heteroatoms. The molecule has 4 nitrogen and oxygen atoms in total. The van der Waals surface area contributed by atoms with Crippen molar-refractivity contribution in [2.24, 2.45) is 0 Å². The summed E-state index contributed by atoms with van der Waals surface area (Å²) in [4.78, 5) is 15.3. The lowest BCUT2D eigenvalue weighted by Crippen LogP contribution is -2.13. The van der Waals surface area contributed by atoms with Crippen LogP contribution in [0.2, 0.25) is 0 Å². The summed E-state index contributed by atoms with van der Waals surface area (Å²) in [5, 5.41) is 0.745. The van der Waals surface area contributed by atoms with Gasteiger partial charge in [0.05, 0.1) is 4.90 Å². The van der Waals surface area contributed by atoms with Crippen molar-refractivity contribution in [2.45, 2.75) is 11.8 Å². The van der Waals surface area contributed by atoms with Crippen molar-refractivity contribution >= 4 is 37.8 Å². The molecule has 0 radical (unpaired) electrons. The van der Waals surface area contributed by atoms with Crippen molar-refractivity contribution in [3.8, 4) is 0 Å². The lowest BCUT2D eigenvalue weighted by atomic mass is 10.2. The van der Waals surface area contributed by atoms with Crippen LogP contribution in [0.4, 0.5) is 0 Å². The predicted octanol–water partition coefficient (Wildman–Crippen LogP) is 2.97. The van der Waals surface area contributed by atoms with E-state index in [0.717, 1.165) is 15.4 Å². The van der Waals surface area contributed by atoms with Gasteiger partial charge >= 0.3 is 0 Å². The van der Waals surface area contributed by atoms with Gasteiger partial charge in [0, 0.05) is 22.3 Å². The van der Waals surface area contributed by atoms with Crippen LogP contribution >= 0.6 is 15.9 Å². The Hall–Kier alpha value is -1.66. The highest BCUT2D eigenvalue weighted by atomic mass is 79.9. The van der Waals surface area contributed by atoms with Gasteiger partial charge in [-0.05, 0) is 41.1 Å². The van der Waals surface area contributed by atoms with Crippen molar-refractivity contribution < 1.29 is 4.21 Å². The Morgan fingerprint density at radius 2 is 1.90 bits per heavy atom. The second kappa shape index (κ2) is 5.03. The number of aromatic nitrogens is 2. The average molecular weight is 351 g/mol. The molecule has 0 amide bonds. The molecule has 3 rings (SSSR count). The molecule has 0 fully saturated rings. The second-order valence-electron chi connectivity index (χ2n) is 4.43. The molecule has 3 aromatic rings. The molecule has 0 saturated carbocycles. The van der Waals surface area contributed by atoms with Crippen LogP contribution in [0.25, 0.3) is 10.9 Å². The number of pyridine rings is 1. The molecule has 0 spiro atoms. The lowest BCUT2D eigenvalue weighted by molar-refractivity contribution is 0.678. The van der Waals surface area contributed by atoms with E-state index in [0.29, 0.717) is 10.4 Å². The number of hydrogen-bond donors (Lipinski definition) is 1. The van der Waals surface area contributed by atoms with Crippen molar-refractivity contribution in [1.29, 1.82) is 0 Å². The summed E-state index contributed by atoms with van der Waals surface area (Å²) < 4.78 is 14.9. The number of fused-ring (bicyclic) bond motifs is 1. The van der Waals surface area contributed by atoms with Gasteiger partial charge in [0.2, 0.25) is 0 Å². The third-order valence-corrected chi connectivity index (χ3v) is 5.05. The van der Waals surface area contributed by atoms with Gasteiger partial charge in [0.15, 0.2) is 11.0 Å². The lowest BCUT2D eigenvalue weighted by Gasteiger charge is -2.05. The highest BCUT2D eigenvalue weighted by Gasteiger charge is 2.14. The Morgan fingerprint density at radius 3 is 2.60 bits per heavy atom. The van der Waals surface area contributed by atoms with E-state index in [1.54, 1.807) is 18.5 Å². The topological polar surface area (TPSA) is 54.9 Å². The standard InChI is InChI=1S/C14H11BrN2O2S/c1-9-2-4-10(5-3-9)20(19)17-7-6-11-12(15)8-16-14(18)13(11)17/h2-8H,1H3,(H,16,18). The van der Waals surface area contributed by atoms with Crippen LogP contribution in [0.5, 0.6) is 0 Å². The maximum absolute atomic E-state index is 12.6. The molecular formula is C14H11BrN2O2S. The first-order valence-corrected chi connectivity index (χ1v) is 7.85. The van der Waals surface area contributed by atoms with E-state index < -0.39 is 11.0 Å². The normalized spacial score (nSPS) is 12.7. The number of nitrogens with one attached hydrogen (secondary N) is 1. The van der Waals surface area contributed by atoms with Gasteiger partial charge in [0.1, 0.15) is 5.52 Å². The minimum absolute atomic E-state index is 0.256. The molecule has 0 saturated heterocycles. The fourth-order valence-electron chi connectivity index (χ4n) is 2.01. The molecule has 1 unspecified atom stereocenters. The highest BCUT2D eigenvalue weighted by Crippen LogP contribution is 2.23. The van der Waals surface area contributed by atoms with Crippen molar-refractivity contribution in [3.63, 3.8) is 0 Å². The Bertz CT molecular complexity index is 865. The van der Waals surface area contributed by atoms with Gasteiger partial charge in [-0.2, -0.15) is 0 Å². The Balaban J connectivity index is 2.20. The molecule has 1 aromatic carbocycles. The molecular weight excluding hydrogens is 340 g/mol. The van der Waals surface area contributed by atoms with Crippen LogP contribution in [0.3, 0.4) is 0 Å². The molecule has 0 aliphatic heterocycles. The number of nitrogens with zero attached hydrogens (tertiary/aromatic N) is 1. The Labute approximate surface area is 126 Å². The molecule has 2 aromatic heterocycles. The number of benzene rings is 1. The summed E-state index contributed by atoms with van der Waals surface area (Å²) in [7, 11) is -1.44. The quantitative estimate of drug-likeness (QED) is 0.772. The summed E-state index contributed by atoms with van der Waals surface area (Å²) >= 11 is 3.38. The van der Waals surface area contributed by atoms with Crippen LogP contribution < -0.4 is 5.56 Å². The SMILES string of the molecule is Cc1ccc(S(=O)n2ccc3c(Br)c[nH]c(=O)c32)cc1. The molecule has 0 aliphatic carbocycles. The fourth-order valence-corrected chi connectivity index (χ4v) is 3.56. The van der Waals surface area contributed by atoms with Gasteiger partial charge in [0.25, 0.3) is 5.56 Å². The van der Waals surface area contributed by atoms with E-state index in [-0.39, 0.29) is 5.56 Å². The predicted molar refractivity (Wildman–Crippen MR) is 83.2 cm³/mol. The average Bonchev–Trinajstić information content (AvgIpc) is 2.89. The first kappa shape index (κ1) is 13.3. The molecule has 1 N–H and O–H groups in total. The zero-order chi connectivity index (χ0) is 14.3. The third-order valence-electron chi connectivity index (χ3n) is 3.06. The van der Waals surface area contributed by atoms with Crippen LogP contribution in [0.1, 0.15) is 5.56 Å². The van der Waals surface area contributed by atoms with Crippen LogP contribution in [0.15, 0.2) is 56.9 Å². The van der Waals surface area contributed by atoms with Gasteiger partial charge < -0.3 is 4.98 Å². The minimum atomic E-state index is -1.44. The first-order chi connectivity index (χ1) is 9.58. The second-order valence-corrected chi connectivity index (χ2v) is 6.65. The van der Waals surface area contributed by atoms with Crippen molar-refractivity contribution in [1.82, 2.24) is 8.96 Å². The summed E-state index contributed by atoms with van der Waals surface area (Å²) in [6.45, 7) is 1.97. The van der Waals surface area contributed by atoms with Crippen LogP contribution in [0, 0.1) is 6.92 Å².